The predicted molar refractivity (Wildman–Crippen MR) is 71.3 cm³/mol. The molecule has 0 radical (unpaired) electrons. The van der Waals surface area contributed by atoms with Crippen LogP contribution in [0, 0.1) is 0 Å². The van der Waals surface area contributed by atoms with E-state index in [1.54, 1.807) is 0 Å². The van der Waals surface area contributed by atoms with Crippen LogP contribution in [0.15, 0.2) is 16.7 Å². The zero-order valence-corrected chi connectivity index (χ0v) is 11.9. The Labute approximate surface area is 115 Å². The molecule has 1 amide bonds. The number of carbonyl (C=O) groups is 1. The monoisotopic (exact) mass is 312 g/mol. The van der Waals surface area contributed by atoms with Crippen molar-refractivity contribution in [1.29, 1.82) is 0 Å². The number of aliphatic hydroxyl groups excluding tert-OH is 1. The summed E-state index contributed by atoms with van der Waals surface area (Å²) in [6.45, 7) is 0. The first-order chi connectivity index (χ1) is 8.56. The van der Waals surface area contributed by atoms with Gasteiger partial charge in [-0.05, 0) is 47.7 Å². The van der Waals surface area contributed by atoms with Crippen LogP contribution >= 0.6 is 15.9 Å². The number of fused-ring (bicyclic) bond motifs is 2. The molecule has 2 aliphatic heterocycles. The van der Waals surface area contributed by atoms with Crippen LogP contribution in [0.1, 0.15) is 36.2 Å². The van der Waals surface area contributed by atoms with E-state index in [0.717, 1.165) is 35.8 Å². The largest absolute Gasteiger partial charge is 0.393 e. The van der Waals surface area contributed by atoms with Gasteiger partial charge in [0.25, 0.3) is 5.91 Å². The van der Waals surface area contributed by atoms with Crippen molar-refractivity contribution >= 4 is 21.8 Å². The van der Waals surface area contributed by atoms with Crippen LogP contribution in [0.4, 0.5) is 0 Å². The average Bonchev–Trinajstić information content (AvgIpc) is 2.76. The van der Waals surface area contributed by atoms with Gasteiger partial charge in [0.1, 0.15) is 5.69 Å². The lowest BCUT2D eigenvalue weighted by Crippen LogP contribution is -2.48. The first kappa shape index (κ1) is 12.2. The molecule has 0 saturated carbocycles. The van der Waals surface area contributed by atoms with Gasteiger partial charge in [-0.2, -0.15) is 0 Å². The van der Waals surface area contributed by atoms with Gasteiger partial charge in [0.05, 0.1) is 6.10 Å². The van der Waals surface area contributed by atoms with Crippen molar-refractivity contribution in [1.82, 2.24) is 9.47 Å². The van der Waals surface area contributed by atoms with E-state index in [1.807, 2.05) is 28.8 Å². The molecule has 2 unspecified atom stereocenters. The SMILES string of the molecule is Cn1cc(Br)cc1C(=O)N1C2CCC1CC(O)C2. The third-order valence-electron chi connectivity index (χ3n) is 4.13. The number of rotatable bonds is 1. The standard InChI is InChI=1S/C13H17BrN2O2/c1-15-7-8(14)4-12(15)13(18)16-9-2-3-10(16)6-11(17)5-9/h4,7,9-11,17H,2-3,5-6H2,1H3. The van der Waals surface area contributed by atoms with Crippen LogP contribution in [-0.4, -0.2) is 38.7 Å². The molecule has 2 atom stereocenters. The van der Waals surface area contributed by atoms with Crippen LogP contribution in [0.2, 0.25) is 0 Å². The van der Waals surface area contributed by atoms with Gasteiger partial charge in [0, 0.05) is 29.8 Å². The summed E-state index contributed by atoms with van der Waals surface area (Å²) >= 11 is 3.40. The molecule has 0 aromatic carbocycles. The number of amides is 1. The zero-order valence-electron chi connectivity index (χ0n) is 10.3. The normalized spacial score (nSPS) is 30.8. The second-order valence-corrected chi connectivity index (χ2v) is 6.29. The summed E-state index contributed by atoms with van der Waals surface area (Å²) in [6, 6.07) is 2.31. The maximum Gasteiger partial charge on any atom is 0.271 e. The Morgan fingerprint density at radius 2 is 2.00 bits per heavy atom. The van der Waals surface area contributed by atoms with Crippen molar-refractivity contribution in [2.45, 2.75) is 43.9 Å². The summed E-state index contributed by atoms with van der Waals surface area (Å²) in [7, 11) is 1.89. The second-order valence-electron chi connectivity index (χ2n) is 5.38. The fourth-order valence-corrected chi connectivity index (χ4v) is 3.87. The molecular weight excluding hydrogens is 296 g/mol. The Bertz CT molecular complexity index is 471. The molecule has 3 rings (SSSR count). The molecule has 98 valence electrons. The molecular formula is C13H17BrN2O2. The van der Waals surface area contributed by atoms with Crippen molar-refractivity contribution in [3.05, 3.63) is 22.4 Å². The fraction of sp³-hybridized carbons (Fsp3) is 0.615. The van der Waals surface area contributed by atoms with E-state index in [0.29, 0.717) is 0 Å². The number of hydrogen-bond acceptors (Lipinski definition) is 2. The topological polar surface area (TPSA) is 45.5 Å². The third-order valence-corrected chi connectivity index (χ3v) is 4.57. The van der Waals surface area contributed by atoms with E-state index in [4.69, 9.17) is 0 Å². The molecule has 2 aliphatic rings. The van der Waals surface area contributed by atoms with Gasteiger partial charge in [0.2, 0.25) is 0 Å². The van der Waals surface area contributed by atoms with E-state index in [2.05, 4.69) is 15.9 Å². The van der Waals surface area contributed by atoms with E-state index in [-0.39, 0.29) is 24.1 Å². The van der Waals surface area contributed by atoms with Gasteiger partial charge in [-0.25, -0.2) is 0 Å². The summed E-state index contributed by atoms with van der Waals surface area (Å²) in [6.07, 6.45) is 5.18. The van der Waals surface area contributed by atoms with Gasteiger partial charge < -0.3 is 14.6 Å². The summed E-state index contributed by atoms with van der Waals surface area (Å²) in [5, 5.41) is 9.77. The first-order valence-corrected chi connectivity index (χ1v) is 7.18. The van der Waals surface area contributed by atoms with Crippen molar-refractivity contribution in [3.8, 4) is 0 Å². The van der Waals surface area contributed by atoms with Gasteiger partial charge in [-0.15, -0.1) is 0 Å². The number of aromatic nitrogens is 1. The van der Waals surface area contributed by atoms with Crippen LogP contribution in [0.25, 0.3) is 0 Å². The van der Waals surface area contributed by atoms with Crippen LogP contribution in [0.3, 0.4) is 0 Å². The fourth-order valence-electron chi connectivity index (χ4n) is 3.35. The molecule has 1 N–H and O–H groups in total. The van der Waals surface area contributed by atoms with Gasteiger partial charge in [0.15, 0.2) is 0 Å². The highest BCUT2D eigenvalue weighted by Gasteiger charge is 2.43. The molecule has 0 spiro atoms. The number of hydrogen-bond donors (Lipinski definition) is 1. The summed E-state index contributed by atoms with van der Waals surface area (Å²) in [5.74, 6) is 0.0996. The number of piperidine rings is 1. The lowest BCUT2D eigenvalue weighted by Gasteiger charge is -2.37. The van der Waals surface area contributed by atoms with E-state index in [1.165, 1.54) is 0 Å². The van der Waals surface area contributed by atoms with Crippen molar-refractivity contribution in [3.63, 3.8) is 0 Å². The Morgan fingerprint density at radius 3 is 2.50 bits per heavy atom. The van der Waals surface area contributed by atoms with E-state index < -0.39 is 0 Å². The van der Waals surface area contributed by atoms with E-state index >= 15 is 0 Å². The first-order valence-electron chi connectivity index (χ1n) is 6.39. The molecule has 18 heavy (non-hydrogen) atoms. The summed E-state index contributed by atoms with van der Waals surface area (Å²) in [5.41, 5.74) is 0.718. The number of aliphatic hydroxyl groups is 1. The molecule has 2 bridgehead atoms. The Morgan fingerprint density at radius 1 is 1.39 bits per heavy atom. The van der Waals surface area contributed by atoms with E-state index in [9.17, 15) is 9.90 Å². The van der Waals surface area contributed by atoms with Crippen LogP contribution in [-0.2, 0) is 7.05 Å². The van der Waals surface area contributed by atoms with Crippen LogP contribution in [0.5, 0.6) is 0 Å². The average molecular weight is 313 g/mol. The second kappa shape index (κ2) is 4.38. The summed E-state index contributed by atoms with van der Waals surface area (Å²) < 4.78 is 2.79. The molecule has 3 heterocycles. The Kier molecular flexibility index (Phi) is 2.98. The molecule has 2 fully saturated rings. The van der Waals surface area contributed by atoms with Gasteiger partial charge in [-0.3, -0.25) is 4.79 Å². The minimum Gasteiger partial charge on any atom is -0.393 e. The molecule has 4 nitrogen and oxygen atoms in total. The highest BCUT2D eigenvalue weighted by Crippen LogP contribution is 2.37. The van der Waals surface area contributed by atoms with Crippen molar-refractivity contribution in [2.75, 3.05) is 0 Å². The minimum absolute atomic E-state index is 0.0996. The highest BCUT2D eigenvalue weighted by atomic mass is 79.9. The number of carbonyl (C=O) groups excluding carboxylic acids is 1. The Balaban J connectivity index is 1.88. The van der Waals surface area contributed by atoms with Crippen molar-refractivity contribution < 1.29 is 9.90 Å². The van der Waals surface area contributed by atoms with Gasteiger partial charge in [-0.1, -0.05) is 0 Å². The number of aryl methyl sites for hydroxylation is 1. The molecule has 0 aliphatic carbocycles. The van der Waals surface area contributed by atoms with Crippen molar-refractivity contribution in [2.24, 2.45) is 7.05 Å². The van der Waals surface area contributed by atoms with Gasteiger partial charge >= 0.3 is 0 Å². The Hall–Kier alpha value is -0.810. The highest BCUT2D eigenvalue weighted by molar-refractivity contribution is 9.10. The lowest BCUT2D eigenvalue weighted by molar-refractivity contribution is 0.0280. The lowest BCUT2D eigenvalue weighted by atomic mass is 9.99. The zero-order chi connectivity index (χ0) is 12.9. The molecule has 5 heteroatoms. The number of halogens is 1. The number of nitrogens with zero attached hydrogens (tertiary/aromatic N) is 2. The minimum atomic E-state index is -0.230. The molecule has 1 aromatic heterocycles. The molecule has 2 saturated heterocycles. The smallest absolute Gasteiger partial charge is 0.271 e. The quantitative estimate of drug-likeness (QED) is 0.861. The maximum absolute atomic E-state index is 12.6. The maximum atomic E-state index is 12.6. The third kappa shape index (κ3) is 1.89. The molecule has 1 aromatic rings. The summed E-state index contributed by atoms with van der Waals surface area (Å²) in [4.78, 5) is 14.6. The van der Waals surface area contributed by atoms with Crippen LogP contribution < -0.4 is 0 Å². The predicted octanol–water partition coefficient (Wildman–Crippen LogP) is 1.92.